The van der Waals surface area contributed by atoms with Crippen molar-refractivity contribution in [1.82, 2.24) is 9.88 Å². The second kappa shape index (κ2) is 8.89. The van der Waals surface area contributed by atoms with Gasteiger partial charge in [-0.05, 0) is 54.7 Å². The fraction of sp³-hybridized carbons (Fsp3) is 0.348. The minimum atomic E-state index is -0.00341. The Bertz CT molecular complexity index is 911. The standard InChI is InChI=1S/C23H24ClN3O2/c24-20-10-8-18(9-11-20)17-4-6-19(7-5-17)21(28)15-26-13-14-27(23(29)16-26)22-3-1-2-12-25-22/h1-4,8-12,19H,5-7,13-16H2. The van der Waals surface area contributed by atoms with Gasteiger partial charge < -0.3 is 0 Å². The lowest BCUT2D eigenvalue weighted by molar-refractivity contribution is -0.126. The number of hydrogen-bond donors (Lipinski definition) is 0. The van der Waals surface area contributed by atoms with Crippen LogP contribution < -0.4 is 4.90 Å². The predicted octanol–water partition coefficient (Wildman–Crippen LogP) is 3.84. The van der Waals surface area contributed by atoms with Crippen molar-refractivity contribution in [1.29, 1.82) is 0 Å². The zero-order valence-electron chi connectivity index (χ0n) is 16.3. The normalized spacial score (nSPS) is 20.4. The van der Waals surface area contributed by atoms with Crippen LogP contribution in [0.3, 0.4) is 0 Å². The molecule has 1 fully saturated rings. The summed E-state index contributed by atoms with van der Waals surface area (Å²) in [5.41, 5.74) is 2.46. The Morgan fingerprint density at radius 2 is 1.97 bits per heavy atom. The molecule has 2 heterocycles. The topological polar surface area (TPSA) is 53.5 Å². The van der Waals surface area contributed by atoms with E-state index in [-0.39, 0.29) is 24.2 Å². The number of rotatable bonds is 5. The monoisotopic (exact) mass is 409 g/mol. The van der Waals surface area contributed by atoms with Gasteiger partial charge in [-0.15, -0.1) is 0 Å². The van der Waals surface area contributed by atoms with E-state index in [0.717, 1.165) is 24.3 Å². The van der Waals surface area contributed by atoms with Crippen molar-refractivity contribution < 1.29 is 9.59 Å². The number of carbonyl (C=O) groups is 2. The van der Waals surface area contributed by atoms with Crippen LogP contribution in [0.5, 0.6) is 0 Å². The van der Waals surface area contributed by atoms with Crippen LogP contribution >= 0.6 is 11.6 Å². The van der Waals surface area contributed by atoms with Crippen molar-refractivity contribution >= 4 is 34.7 Å². The van der Waals surface area contributed by atoms with Crippen LogP contribution in [-0.2, 0) is 9.59 Å². The highest BCUT2D eigenvalue weighted by Crippen LogP contribution is 2.31. The molecule has 29 heavy (non-hydrogen) atoms. The summed E-state index contributed by atoms with van der Waals surface area (Å²) in [6.07, 6.45) is 6.38. The highest BCUT2D eigenvalue weighted by molar-refractivity contribution is 6.30. The van der Waals surface area contributed by atoms with Gasteiger partial charge in [0.05, 0.1) is 13.1 Å². The van der Waals surface area contributed by atoms with Crippen LogP contribution in [0.25, 0.3) is 5.57 Å². The molecule has 5 nitrogen and oxygen atoms in total. The maximum atomic E-state index is 12.8. The number of halogens is 1. The largest absolute Gasteiger partial charge is 0.298 e. The first-order valence-electron chi connectivity index (χ1n) is 10.0. The van der Waals surface area contributed by atoms with E-state index in [4.69, 9.17) is 11.6 Å². The van der Waals surface area contributed by atoms with Gasteiger partial charge in [0.2, 0.25) is 5.91 Å². The van der Waals surface area contributed by atoms with Crippen LogP contribution in [0.2, 0.25) is 5.02 Å². The number of pyridine rings is 1. The number of ketones is 1. The average molecular weight is 410 g/mol. The third-order valence-electron chi connectivity index (χ3n) is 5.69. The van der Waals surface area contributed by atoms with Crippen molar-refractivity contribution in [3.05, 3.63) is 65.3 Å². The first kappa shape index (κ1) is 19.8. The number of aromatic nitrogens is 1. The number of nitrogens with zero attached hydrogens (tertiary/aromatic N) is 3. The maximum Gasteiger partial charge on any atom is 0.242 e. The lowest BCUT2D eigenvalue weighted by Crippen LogP contribution is -2.52. The SMILES string of the molecule is O=C(CN1CCN(c2ccccn2)C(=O)C1)C1CC=C(c2ccc(Cl)cc2)CC1. The minimum absolute atomic E-state index is 0.00341. The van der Waals surface area contributed by atoms with Crippen molar-refractivity contribution in [2.24, 2.45) is 5.92 Å². The van der Waals surface area contributed by atoms with Gasteiger partial charge in [0.25, 0.3) is 0 Å². The lowest BCUT2D eigenvalue weighted by Gasteiger charge is -2.34. The summed E-state index contributed by atoms with van der Waals surface area (Å²) in [5, 5.41) is 0.732. The highest BCUT2D eigenvalue weighted by atomic mass is 35.5. The molecule has 0 radical (unpaired) electrons. The molecule has 0 saturated carbocycles. The van der Waals surface area contributed by atoms with E-state index in [2.05, 4.69) is 11.1 Å². The van der Waals surface area contributed by atoms with Crippen molar-refractivity contribution in [3.8, 4) is 0 Å². The molecule has 4 rings (SSSR count). The maximum absolute atomic E-state index is 12.8. The second-order valence-electron chi connectivity index (χ2n) is 7.62. The molecule has 2 aliphatic rings. The molecule has 1 atom stereocenters. The third kappa shape index (κ3) is 4.74. The Morgan fingerprint density at radius 3 is 2.62 bits per heavy atom. The van der Waals surface area contributed by atoms with Crippen LogP contribution in [0.15, 0.2) is 54.7 Å². The van der Waals surface area contributed by atoms with Gasteiger partial charge in [-0.25, -0.2) is 4.98 Å². The van der Waals surface area contributed by atoms with E-state index in [1.165, 1.54) is 11.1 Å². The van der Waals surface area contributed by atoms with Gasteiger partial charge in [-0.2, -0.15) is 0 Å². The van der Waals surface area contributed by atoms with E-state index in [9.17, 15) is 9.59 Å². The van der Waals surface area contributed by atoms with Crippen LogP contribution in [0, 0.1) is 5.92 Å². The number of amides is 1. The van der Waals surface area contributed by atoms with E-state index in [1.54, 1.807) is 11.1 Å². The lowest BCUT2D eigenvalue weighted by atomic mass is 9.84. The van der Waals surface area contributed by atoms with Gasteiger partial charge in [0, 0.05) is 30.2 Å². The summed E-state index contributed by atoms with van der Waals surface area (Å²) >= 11 is 5.96. The van der Waals surface area contributed by atoms with Gasteiger partial charge in [-0.1, -0.05) is 35.9 Å². The summed E-state index contributed by atoms with van der Waals surface area (Å²) in [4.78, 5) is 33.2. The summed E-state index contributed by atoms with van der Waals surface area (Å²) < 4.78 is 0. The van der Waals surface area contributed by atoms with E-state index < -0.39 is 0 Å². The quantitative estimate of drug-likeness (QED) is 0.753. The fourth-order valence-corrected chi connectivity index (χ4v) is 4.14. The zero-order chi connectivity index (χ0) is 20.2. The molecule has 1 aromatic heterocycles. The smallest absolute Gasteiger partial charge is 0.242 e. The molecule has 1 amide bonds. The van der Waals surface area contributed by atoms with Crippen molar-refractivity contribution in [2.45, 2.75) is 19.3 Å². The fourth-order valence-electron chi connectivity index (χ4n) is 4.01. The number of benzene rings is 1. The van der Waals surface area contributed by atoms with Crippen LogP contribution in [-0.4, -0.2) is 47.8 Å². The molecule has 1 aliphatic heterocycles. The van der Waals surface area contributed by atoms with Gasteiger partial charge >= 0.3 is 0 Å². The molecule has 6 heteroatoms. The van der Waals surface area contributed by atoms with Gasteiger partial charge in [-0.3, -0.25) is 19.4 Å². The first-order valence-corrected chi connectivity index (χ1v) is 10.4. The summed E-state index contributed by atoms with van der Waals surface area (Å²) in [7, 11) is 0. The first-order chi connectivity index (χ1) is 14.1. The Balaban J connectivity index is 1.30. The summed E-state index contributed by atoms with van der Waals surface area (Å²) in [5.74, 6) is 0.942. The minimum Gasteiger partial charge on any atom is -0.298 e. The second-order valence-corrected chi connectivity index (χ2v) is 8.05. The third-order valence-corrected chi connectivity index (χ3v) is 5.94. The van der Waals surface area contributed by atoms with Crippen LogP contribution in [0.4, 0.5) is 5.82 Å². The Kier molecular flexibility index (Phi) is 6.07. The molecule has 150 valence electrons. The molecule has 1 unspecified atom stereocenters. The van der Waals surface area contributed by atoms with E-state index >= 15 is 0 Å². The van der Waals surface area contributed by atoms with E-state index in [0.29, 0.717) is 25.5 Å². The summed E-state index contributed by atoms with van der Waals surface area (Å²) in [6.45, 7) is 1.86. The molecule has 1 aliphatic carbocycles. The number of Topliss-reactive ketones (excluding diaryl/α,β-unsaturated/α-hetero) is 1. The molecule has 0 spiro atoms. The highest BCUT2D eigenvalue weighted by Gasteiger charge is 2.29. The number of anilines is 1. The molecular weight excluding hydrogens is 386 g/mol. The Morgan fingerprint density at radius 1 is 1.14 bits per heavy atom. The van der Waals surface area contributed by atoms with Gasteiger partial charge in [0.15, 0.2) is 0 Å². The number of hydrogen-bond acceptors (Lipinski definition) is 4. The van der Waals surface area contributed by atoms with Crippen LogP contribution in [0.1, 0.15) is 24.8 Å². The molecule has 0 N–H and O–H groups in total. The summed E-state index contributed by atoms with van der Waals surface area (Å²) in [6, 6.07) is 13.4. The number of carbonyl (C=O) groups excluding carboxylic acids is 2. The Hall–Kier alpha value is -2.50. The van der Waals surface area contributed by atoms with Crippen molar-refractivity contribution in [2.75, 3.05) is 31.1 Å². The molecule has 1 saturated heterocycles. The zero-order valence-corrected chi connectivity index (χ0v) is 17.0. The van der Waals surface area contributed by atoms with E-state index in [1.807, 2.05) is 47.4 Å². The number of piperazine rings is 1. The number of allylic oxidation sites excluding steroid dienone is 2. The predicted molar refractivity (Wildman–Crippen MR) is 115 cm³/mol. The average Bonchev–Trinajstić information content (AvgIpc) is 2.75. The molecular formula is C23H24ClN3O2. The van der Waals surface area contributed by atoms with Crippen molar-refractivity contribution in [3.63, 3.8) is 0 Å². The molecule has 1 aromatic carbocycles. The Labute approximate surface area is 176 Å². The molecule has 2 aromatic rings. The van der Waals surface area contributed by atoms with Gasteiger partial charge in [0.1, 0.15) is 11.6 Å². The molecule has 0 bridgehead atoms.